The van der Waals surface area contributed by atoms with Crippen LogP contribution in [0.25, 0.3) is 0 Å². The van der Waals surface area contributed by atoms with Crippen LogP contribution in [-0.4, -0.2) is 195 Å². The average Bonchev–Trinajstić information content (AvgIpc) is 4.23. The van der Waals surface area contributed by atoms with E-state index in [-0.39, 0.29) is 133 Å². The Bertz CT molecular complexity index is 2100. The highest BCUT2D eigenvalue weighted by atomic mass is 31.2. The number of carbonyl (C=O) groups excluding carboxylic acids is 5. The second kappa shape index (κ2) is 37.4. The van der Waals surface area contributed by atoms with E-state index in [1.807, 2.05) is 0 Å². The van der Waals surface area contributed by atoms with Crippen molar-refractivity contribution in [1.29, 1.82) is 0 Å². The molecule has 0 aliphatic carbocycles. The van der Waals surface area contributed by atoms with E-state index in [9.17, 15) is 48.0 Å². The van der Waals surface area contributed by atoms with Gasteiger partial charge in [0, 0.05) is 71.6 Å². The number of hydrogen-bond acceptors (Lipinski definition) is 24. The van der Waals surface area contributed by atoms with Crippen LogP contribution < -0.4 is 43.8 Å². The molecule has 81 heavy (non-hydrogen) atoms. The number of ether oxygens (including phenoxy) is 4. The number of nitrogens with zero attached hydrogens (tertiary/aromatic N) is 4. The van der Waals surface area contributed by atoms with Crippen LogP contribution in [-0.2, 0) is 70.1 Å². The number of unbranched alkanes of at least 4 members (excludes halogenated alkanes) is 7. The maximum absolute atomic E-state index is 13.6. The lowest BCUT2D eigenvalue weighted by Crippen LogP contribution is -2.58. The van der Waals surface area contributed by atoms with Gasteiger partial charge in [0.15, 0.2) is 11.6 Å². The third kappa shape index (κ3) is 26.3. The Kier molecular flexibility index (Phi) is 32.2. The number of likely N-dealkylation sites (tertiary alicyclic amines) is 1. The minimum atomic E-state index is -4.89. The predicted molar refractivity (Wildman–Crippen MR) is 297 cm³/mol. The lowest BCUT2D eigenvalue weighted by Gasteiger charge is -2.34. The number of β-amino-alcohol motifs (C(OH)–C–C–N with tert-alkyl or cyclic N) is 1. The summed E-state index contributed by atoms with van der Waals surface area (Å²) in [5.41, 5.74) is 21.9. The first-order valence-electron chi connectivity index (χ1n) is 28.2. The summed E-state index contributed by atoms with van der Waals surface area (Å²) in [6.45, 7) is 1.10. The van der Waals surface area contributed by atoms with Crippen molar-refractivity contribution in [3.63, 3.8) is 0 Å². The Morgan fingerprint density at radius 2 is 1.32 bits per heavy atom. The van der Waals surface area contributed by atoms with E-state index in [1.165, 1.54) is 11.2 Å². The van der Waals surface area contributed by atoms with Crippen LogP contribution in [0.2, 0.25) is 0 Å². The van der Waals surface area contributed by atoms with E-state index < -0.39 is 65.0 Å². The molecule has 31 heteroatoms. The molecule has 4 rings (SSSR count). The fourth-order valence-electron chi connectivity index (χ4n) is 9.31. The van der Waals surface area contributed by atoms with E-state index >= 15 is 0 Å². The summed E-state index contributed by atoms with van der Waals surface area (Å²) in [4.78, 5) is 96.6. The normalized spacial score (nSPS) is 20.4. The average molecular weight is 1200 g/mol. The molecule has 7 atom stereocenters. The number of aliphatic hydroxyl groups is 1. The number of nitrogens with two attached hydrogens (primary N) is 4. The van der Waals surface area contributed by atoms with Crippen LogP contribution in [0.5, 0.6) is 0 Å². The van der Waals surface area contributed by atoms with Gasteiger partial charge in [-0.2, -0.15) is 0 Å². The fourth-order valence-corrected chi connectivity index (χ4v) is 10.7. The van der Waals surface area contributed by atoms with Gasteiger partial charge in [0.25, 0.3) is 0 Å². The minimum absolute atomic E-state index is 0.00619. The van der Waals surface area contributed by atoms with Crippen molar-refractivity contribution in [2.24, 2.45) is 17.2 Å². The number of nitrogens with one attached hydrogen (secondary N) is 3. The molecule has 2 saturated heterocycles. The molecule has 464 valence electrons. The second-order valence-electron chi connectivity index (χ2n) is 20.5. The van der Waals surface area contributed by atoms with Gasteiger partial charge in [-0.25, -0.2) is 19.1 Å². The number of fused-ring (bicyclic) bond motifs is 1. The molecule has 0 bridgehead atoms. The van der Waals surface area contributed by atoms with Gasteiger partial charge in [-0.05, 0) is 71.0 Å². The molecule has 3 amide bonds. The molecule has 2 fully saturated rings. The smallest absolute Gasteiger partial charge is 0.391 e. The molecule has 3 aliphatic rings. The monoisotopic (exact) mass is 1200 g/mol. The van der Waals surface area contributed by atoms with Gasteiger partial charge in [-0.1, -0.05) is 25.7 Å². The minimum Gasteiger partial charge on any atom is -0.391 e. The molecular weight excluding hydrogens is 1100 g/mol. The highest BCUT2D eigenvalue weighted by Gasteiger charge is 2.46. The molecule has 4 heterocycles. The van der Waals surface area contributed by atoms with Crippen molar-refractivity contribution < 1.29 is 85.0 Å². The molecule has 1 aromatic heterocycles. The maximum atomic E-state index is 13.6. The first-order valence-corrected chi connectivity index (χ1v) is 31.2. The Hall–Kier alpha value is -3.87. The molecule has 0 saturated carbocycles. The van der Waals surface area contributed by atoms with E-state index in [4.69, 9.17) is 55.5 Å². The zero-order valence-electron chi connectivity index (χ0n) is 47.0. The molecule has 29 nitrogen and oxygen atoms in total. The van der Waals surface area contributed by atoms with Gasteiger partial charge in [0.05, 0.1) is 71.7 Å². The summed E-state index contributed by atoms with van der Waals surface area (Å²) >= 11 is 0. The van der Waals surface area contributed by atoms with Gasteiger partial charge >= 0.3 is 15.6 Å². The van der Waals surface area contributed by atoms with Crippen LogP contribution >= 0.6 is 15.6 Å². The van der Waals surface area contributed by atoms with Gasteiger partial charge in [0.1, 0.15) is 47.6 Å². The SMILES string of the molecule is COP(=O)(O)OC[C@H]1O[C@@H](N2CNc3c(N)ncnc32)C[C@@H]1OP(=O)(O)OC[C@@H]1C[C@@H](O)CN1C(=O)CCCCCCCCC(=O)NC(COCCC(=O)CCCCN)(COCCC(=O)CCCCN)COCCC(=O)NCCCN. The van der Waals surface area contributed by atoms with E-state index in [2.05, 4.69) is 30.4 Å². The lowest BCUT2D eigenvalue weighted by atomic mass is 10.0. The summed E-state index contributed by atoms with van der Waals surface area (Å²) in [5, 5.41) is 19.5. The molecule has 0 spiro atoms. The summed E-state index contributed by atoms with van der Waals surface area (Å²) in [5.74, 6) is -0.106. The van der Waals surface area contributed by atoms with Crippen molar-refractivity contribution >= 4 is 62.3 Å². The number of rotatable bonds is 46. The predicted octanol–water partition coefficient (Wildman–Crippen LogP) is 1.65. The largest absolute Gasteiger partial charge is 0.472 e. The third-order valence-corrected chi connectivity index (χ3v) is 15.7. The van der Waals surface area contributed by atoms with Gasteiger partial charge in [-0.15, -0.1) is 0 Å². The van der Waals surface area contributed by atoms with E-state index in [0.717, 1.165) is 32.8 Å². The van der Waals surface area contributed by atoms with Crippen molar-refractivity contribution in [3.8, 4) is 0 Å². The summed E-state index contributed by atoms with van der Waals surface area (Å²) in [7, 11) is -8.39. The summed E-state index contributed by atoms with van der Waals surface area (Å²) in [6.07, 6.45) is 6.26. The van der Waals surface area contributed by atoms with Gasteiger partial charge in [0.2, 0.25) is 17.7 Å². The number of aromatic nitrogens is 2. The number of phosphoric acid groups is 2. The Morgan fingerprint density at radius 1 is 0.741 bits per heavy atom. The standard InChI is InChI=1S/C50H91N11O18P2/c1-72-80(68,69)77-31-42-41(28-46(78-42)61-36-58-47-48(54)56-35-57-49(47)61)79-81(70,71)76-30-37-27-40(64)29-60(37)45(67)16-7-5-3-2-4-6-15-44(66)59-50(32-73-24-17-38(62)13-8-10-20-51,33-74-25-18-39(63)14-9-11-21-52)34-75-26-19-43(65)55-23-12-22-53/h35,37,40-42,46,58,64H,2-34,36,51-53H2,1H3,(H,55,65)(H,59,66)(H,68,69)(H,70,71)(H2,54,56,57)/t37-,40+,41-,42+,46+/m0/s1. The maximum Gasteiger partial charge on any atom is 0.472 e. The number of Topliss-reactive ketones (excluding diaryl/α,β-unsaturated/α-hetero) is 2. The number of anilines is 3. The molecule has 1 aromatic rings. The van der Waals surface area contributed by atoms with Crippen LogP contribution in [0.15, 0.2) is 6.33 Å². The molecule has 2 unspecified atom stereocenters. The number of ketones is 2. The van der Waals surface area contributed by atoms with Gasteiger partial charge in [-0.3, -0.25) is 42.1 Å². The van der Waals surface area contributed by atoms with Crippen LogP contribution in [0, 0.1) is 0 Å². The van der Waals surface area contributed by atoms with Crippen molar-refractivity contribution in [3.05, 3.63) is 6.33 Å². The number of aliphatic hydroxyl groups excluding tert-OH is 1. The quantitative estimate of drug-likeness (QED) is 0.0328. The summed E-state index contributed by atoms with van der Waals surface area (Å²) in [6, 6.07) is -0.739. The first-order chi connectivity index (χ1) is 38.8. The zero-order chi connectivity index (χ0) is 59.1. The number of carbonyl (C=O) groups is 5. The topological polar surface area (TPSA) is 426 Å². The Labute approximate surface area is 474 Å². The zero-order valence-corrected chi connectivity index (χ0v) is 48.8. The molecule has 14 N–H and O–H groups in total. The fraction of sp³-hybridized carbons (Fsp3) is 0.820. The lowest BCUT2D eigenvalue weighted by molar-refractivity contribution is -0.133. The number of nitrogen functional groups attached to an aromatic ring is 1. The number of hydrogen-bond donors (Lipinski definition) is 10. The number of phosphoric ester groups is 2. The number of amides is 3. The molecule has 0 radical (unpaired) electrons. The van der Waals surface area contributed by atoms with E-state index in [1.54, 1.807) is 4.90 Å². The van der Waals surface area contributed by atoms with Crippen LogP contribution in [0.1, 0.15) is 128 Å². The Morgan fingerprint density at radius 3 is 1.94 bits per heavy atom. The molecule has 3 aliphatic heterocycles. The van der Waals surface area contributed by atoms with Crippen molar-refractivity contribution in [2.45, 2.75) is 165 Å². The van der Waals surface area contributed by atoms with E-state index in [0.29, 0.717) is 95.5 Å². The van der Waals surface area contributed by atoms with Gasteiger partial charge < -0.3 is 82.5 Å². The molecular formula is C50H91N11O18P2. The highest BCUT2D eigenvalue weighted by Crippen LogP contribution is 2.50. The third-order valence-electron chi connectivity index (χ3n) is 13.8. The summed E-state index contributed by atoms with van der Waals surface area (Å²) < 4.78 is 70.2. The Balaban J connectivity index is 1.25. The first kappa shape index (κ1) is 69.6. The highest BCUT2D eigenvalue weighted by molar-refractivity contribution is 7.47. The van der Waals surface area contributed by atoms with Crippen LogP contribution in [0.4, 0.5) is 17.3 Å². The van der Waals surface area contributed by atoms with Crippen LogP contribution in [0.3, 0.4) is 0 Å². The second-order valence-corrected chi connectivity index (χ2v) is 23.5. The van der Waals surface area contributed by atoms with Crippen molar-refractivity contribution in [1.82, 2.24) is 25.5 Å². The molecule has 0 aromatic carbocycles. The van der Waals surface area contributed by atoms with Crippen molar-refractivity contribution in [2.75, 3.05) is 115 Å².